The molecule has 6 heteroatoms. The standard InChI is InChI=1S/C14H11ClN2O2S/c1-2-10-4-3-5-12(8-10)17-20(18,19)14-9-11(15)6-7-13(14)16/h1,3-9,17H,16H2. The fraction of sp³-hybridized carbons (Fsp3) is 0. The second-order valence-corrected chi connectivity index (χ2v) is 6.10. The number of terminal acetylenes is 1. The van der Waals surface area contributed by atoms with E-state index < -0.39 is 10.0 Å². The van der Waals surface area contributed by atoms with Crippen molar-refractivity contribution >= 4 is 33.0 Å². The summed E-state index contributed by atoms with van der Waals surface area (Å²) in [6.45, 7) is 0. The maximum atomic E-state index is 12.3. The number of halogens is 1. The lowest BCUT2D eigenvalue weighted by atomic mass is 10.2. The Kier molecular flexibility index (Phi) is 3.89. The van der Waals surface area contributed by atoms with Crippen molar-refractivity contribution < 1.29 is 8.42 Å². The van der Waals surface area contributed by atoms with Gasteiger partial charge in [-0.2, -0.15) is 0 Å². The number of sulfonamides is 1. The van der Waals surface area contributed by atoms with E-state index in [2.05, 4.69) is 10.6 Å². The Morgan fingerprint density at radius 1 is 1.20 bits per heavy atom. The minimum absolute atomic E-state index is 0.0730. The molecule has 0 aliphatic rings. The zero-order chi connectivity index (χ0) is 14.8. The van der Waals surface area contributed by atoms with Gasteiger partial charge < -0.3 is 5.73 Å². The lowest BCUT2D eigenvalue weighted by Crippen LogP contribution is -2.14. The molecule has 0 bridgehead atoms. The summed E-state index contributed by atoms with van der Waals surface area (Å²) in [4.78, 5) is -0.0730. The van der Waals surface area contributed by atoms with E-state index in [0.29, 0.717) is 11.3 Å². The lowest BCUT2D eigenvalue weighted by Gasteiger charge is -2.10. The summed E-state index contributed by atoms with van der Waals surface area (Å²) in [5.74, 6) is 2.43. The number of nitrogens with two attached hydrogens (primary N) is 1. The molecular weight excluding hydrogens is 296 g/mol. The van der Waals surface area contributed by atoms with Gasteiger partial charge in [-0.05, 0) is 36.4 Å². The third-order valence-electron chi connectivity index (χ3n) is 2.55. The minimum Gasteiger partial charge on any atom is -0.398 e. The Labute approximate surface area is 122 Å². The predicted octanol–water partition coefficient (Wildman–Crippen LogP) is 2.70. The van der Waals surface area contributed by atoms with Crippen LogP contribution in [0.4, 0.5) is 11.4 Å². The third-order valence-corrected chi connectivity index (χ3v) is 4.22. The van der Waals surface area contributed by atoms with Crippen molar-refractivity contribution in [2.75, 3.05) is 10.5 Å². The molecule has 4 nitrogen and oxygen atoms in total. The molecule has 0 saturated carbocycles. The molecular formula is C14H11ClN2O2S. The molecule has 2 aromatic carbocycles. The third kappa shape index (κ3) is 3.05. The van der Waals surface area contributed by atoms with E-state index in [1.54, 1.807) is 24.3 Å². The van der Waals surface area contributed by atoms with Crippen molar-refractivity contribution in [2.24, 2.45) is 0 Å². The van der Waals surface area contributed by atoms with E-state index in [1.165, 1.54) is 18.2 Å². The van der Waals surface area contributed by atoms with Gasteiger partial charge in [0.15, 0.2) is 0 Å². The van der Waals surface area contributed by atoms with Gasteiger partial charge in [0.1, 0.15) is 4.90 Å². The number of rotatable bonds is 3. The summed E-state index contributed by atoms with van der Waals surface area (Å²) in [6.07, 6.45) is 5.27. The maximum absolute atomic E-state index is 12.3. The first kappa shape index (κ1) is 14.3. The zero-order valence-electron chi connectivity index (χ0n) is 10.3. The highest BCUT2D eigenvalue weighted by atomic mass is 35.5. The predicted molar refractivity (Wildman–Crippen MR) is 81.0 cm³/mol. The lowest BCUT2D eigenvalue weighted by molar-refractivity contribution is 0.601. The fourth-order valence-electron chi connectivity index (χ4n) is 1.62. The van der Waals surface area contributed by atoms with Crippen molar-refractivity contribution in [2.45, 2.75) is 4.90 Å². The quantitative estimate of drug-likeness (QED) is 0.676. The van der Waals surface area contributed by atoms with E-state index in [1.807, 2.05) is 0 Å². The molecule has 0 amide bonds. The van der Waals surface area contributed by atoms with Gasteiger partial charge in [0.2, 0.25) is 0 Å². The summed E-state index contributed by atoms with van der Waals surface area (Å²) in [7, 11) is -3.82. The van der Waals surface area contributed by atoms with Gasteiger partial charge >= 0.3 is 0 Å². The van der Waals surface area contributed by atoms with E-state index in [-0.39, 0.29) is 15.6 Å². The van der Waals surface area contributed by atoms with Crippen LogP contribution >= 0.6 is 11.6 Å². The normalized spacial score (nSPS) is 10.8. The van der Waals surface area contributed by atoms with Crippen LogP contribution in [-0.4, -0.2) is 8.42 Å². The first-order valence-electron chi connectivity index (χ1n) is 5.57. The second kappa shape index (κ2) is 5.45. The molecule has 102 valence electrons. The molecule has 0 unspecified atom stereocenters. The molecule has 0 aliphatic heterocycles. The van der Waals surface area contributed by atoms with Crippen LogP contribution in [0.15, 0.2) is 47.4 Å². The average molecular weight is 307 g/mol. The Bertz CT molecular complexity index is 795. The molecule has 0 saturated heterocycles. The van der Waals surface area contributed by atoms with Crippen molar-refractivity contribution in [1.82, 2.24) is 0 Å². The molecule has 0 atom stereocenters. The molecule has 0 spiro atoms. The van der Waals surface area contributed by atoms with Crippen LogP contribution in [0.5, 0.6) is 0 Å². The van der Waals surface area contributed by atoms with Crippen LogP contribution in [0.3, 0.4) is 0 Å². The number of benzene rings is 2. The topological polar surface area (TPSA) is 72.2 Å². The highest BCUT2D eigenvalue weighted by molar-refractivity contribution is 7.92. The molecule has 0 fully saturated rings. The van der Waals surface area contributed by atoms with Crippen LogP contribution in [0.2, 0.25) is 5.02 Å². The molecule has 0 aliphatic carbocycles. The van der Waals surface area contributed by atoms with E-state index in [4.69, 9.17) is 23.8 Å². The Balaban J connectivity index is 2.41. The highest BCUT2D eigenvalue weighted by Gasteiger charge is 2.18. The van der Waals surface area contributed by atoms with E-state index in [0.717, 1.165) is 0 Å². The number of nitrogen functional groups attached to an aromatic ring is 1. The van der Waals surface area contributed by atoms with Crippen molar-refractivity contribution in [3.8, 4) is 12.3 Å². The summed E-state index contributed by atoms with van der Waals surface area (Å²) in [5, 5.41) is 0.289. The molecule has 0 aromatic heterocycles. The van der Waals surface area contributed by atoms with Crippen LogP contribution in [0.25, 0.3) is 0 Å². The van der Waals surface area contributed by atoms with E-state index >= 15 is 0 Å². The zero-order valence-corrected chi connectivity index (χ0v) is 11.9. The van der Waals surface area contributed by atoms with Gasteiger partial charge in [-0.25, -0.2) is 8.42 Å². The summed E-state index contributed by atoms with van der Waals surface area (Å²) in [5.41, 5.74) is 6.73. The number of hydrogen-bond acceptors (Lipinski definition) is 3. The Morgan fingerprint density at radius 3 is 2.65 bits per heavy atom. The van der Waals surface area contributed by atoms with Gasteiger partial charge in [0.05, 0.1) is 11.4 Å². The van der Waals surface area contributed by atoms with Crippen LogP contribution in [0.1, 0.15) is 5.56 Å². The molecule has 2 rings (SSSR count). The van der Waals surface area contributed by atoms with Gasteiger partial charge in [-0.15, -0.1) is 6.42 Å². The smallest absolute Gasteiger partial charge is 0.263 e. The minimum atomic E-state index is -3.82. The monoisotopic (exact) mass is 306 g/mol. The molecule has 20 heavy (non-hydrogen) atoms. The number of nitrogens with one attached hydrogen (secondary N) is 1. The fourth-order valence-corrected chi connectivity index (χ4v) is 3.07. The largest absolute Gasteiger partial charge is 0.398 e. The average Bonchev–Trinajstić information content (AvgIpc) is 2.41. The number of hydrogen-bond donors (Lipinski definition) is 2. The van der Waals surface area contributed by atoms with Crippen LogP contribution in [0, 0.1) is 12.3 Å². The highest BCUT2D eigenvalue weighted by Crippen LogP contribution is 2.25. The van der Waals surface area contributed by atoms with Gasteiger partial charge in [-0.3, -0.25) is 4.72 Å². The van der Waals surface area contributed by atoms with Crippen LogP contribution < -0.4 is 10.5 Å². The molecule has 0 radical (unpaired) electrons. The summed E-state index contributed by atoms with van der Waals surface area (Å²) < 4.78 is 27.0. The summed E-state index contributed by atoms with van der Waals surface area (Å²) in [6, 6.07) is 10.8. The Morgan fingerprint density at radius 2 is 1.95 bits per heavy atom. The van der Waals surface area contributed by atoms with Gasteiger partial charge in [0, 0.05) is 10.6 Å². The van der Waals surface area contributed by atoms with Crippen molar-refractivity contribution in [3.05, 3.63) is 53.1 Å². The van der Waals surface area contributed by atoms with Gasteiger partial charge in [0.25, 0.3) is 10.0 Å². The second-order valence-electron chi connectivity index (χ2n) is 4.01. The van der Waals surface area contributed by atoms with E-state index in [9.17, 15) is 8.42 Å². The first-order valence-corrected chi connectivity index (χ1v) is 7.43. The first-order chi connectivity index (χ1) is 9.42. The molecule has 3 N–H and O–H groups in total. The maximum Gasteiger partial charge on any atom is 0.263 e. The Hall–Kier alpha value is -2.16. The van der Waals surface area contributed by atoms with Crippen molar-refractivity contribution in [3.63, 3.8) is 0 Å². The number of anilines is 2. The van der Waals surface area contributed by atoms with Gasteiger partial charge in [-0.1, -0.05) is 23.6 Å². The SMILES string of the molecule is C#Cc1cccc(NS(=O)(=O)c2cc(Cl)ccc2N)c1. The van der Waals surface area contributed by atoms with Crippen molar-refractivity contribution in [1.29, 1.82) is 0 Å². The molecule has 2 aromatic rings. The molecule has 0 heterocycles. The van der Waals surface area contributed by atoms with Crippen LogP contribution in [-0.2, 0) is 10.0 Å². The summed E-state index contributed by atoms with van der Waals surface area (Å²) >= 11 is 5.80.